The molecular weight excluding hydrogens is 510 g/mol. The number of fused-ring (bicyclic) bond motifs is 2. The molecule has 0 saturated carbocycles. The third-order valence-electron chi connectivity index (χ3n) is 7.79. The fourth-order valence-electron chi connectivity index (χ4n) is 5.62. The minimum Gasteiger partial charge on any atom is -0.370 e. The van der Waals surface area contributed by atoms with Gasteiger partial charge in [0.2, 0.25) is 5.91 Å². The molecule has 0 bridgehead atoms. The number of amides is 1. The predicted molar refractivity (Wildman–Crippen MR) is 157 cm³/mol. The Bertz CT molecular complexity index is 1420. The molecule has 3 aromatic heterocycles. The number of hydrogen-bond acceptors (Lipinski definition) is 9. The number of primary amides is 1. The van der Waals surface area contributed by atoms with E-state index in [4.69, 9.17) is 15.7 Å². The highest BCUT2D eigenvalue weighted by Crippen LogP contribution is 2.36. The highest BCUT2D eigenvalue weighted by Gasteiger charge is 2.24. The molecule has 0 radical (unpaired) electrons. The molecule has 4 N–H and O–H groups in total. The molecule has 2 aliphatic rings. The first-order chi connectivity index (χ1) is 19.1. The van der Waals surface area contributed by atoms with Crippen LogP contribution in [0.2, 0.25) is 0 Å². The van der Waals surface area contributed by atoms with Gasteiger partial charge in [-0.3, -0.25) is 19.7 Å². The van der Waals surface area contributed by atoms with Gasteiger partial charge in [-0.15, -0.1) is 11.3 Å². The number of nitrogens with one attached hydrogen (secondary N) is 2. The molecule has 11 heteroatoms. The molecule has 0 unspecified atom stereocenters. The van der Waals surface area contributed by atoms with Crippen LogP contribution in [0.1, 0.15) is 30.6 Å². The molecule has 39 heavy (non-hydrogen) atoms. The van der Waals surface area contributed by atoms with Crippen LogP contribution >= 0.6 is 11.3 Å². The molecule has 5 heterocycles. The van der Waals surface area contributed by atoms with Gasteiger partial charge in [-0.05, 0) is 31.5 Å². The summed E-state index contributed by atoms with van der Waals surface area (Å²) in [6.07, 6.45) is 5.39. The molecule has 2 aliphatic heterocycles. The lowest BCUT2D eigenvalue weighted by molar-refractivity contribution is -0.118. The van der Waals surface area contributed by atoms with Gasteiger partial charge in [-0.1, -0.05) is 18.6 Å². The van der Waals surface area contributed by atoms with Gasteiger partial charge in [0.1, 0.15) is 0 Å². The Hall–Kier alpha value is -3.12. The van der Waals surface area contributed by atoms with Crippen LogP contribution in [0.4, 0.5) is 5.82 Å². The second kappa shape index (κ2) is 12.0. The molecule has 6 rings (SSSR count). The van der Waals surface area contributed by atoms with E-state index in [2.05, 4.69) is 42.3 Å². The Labute approximate surface area is 232 Å². The summed E-state index contributed by atoms with van der Waals surface area (Å²) in [4.78, 5) is 30.1. The molecule has 2 saturated heterocycles. The highest BCUT2D eigenvalue weighted by molar-refractivity contribution is 7.19. The van der Waals surface area contributed by atoms with Crippen molar-refractivity contribution in [2.75, 3.05) is 63.8 Å². The second-order valence-corrected chi connectivity index (χ2v) is 11.7. The third kappa shape index (κ3) is 6.06. The Morgan fingerprint density at radius 3 is 2.67 bits per heavy atom. The summed E-state index contributed by atoms with van der Waals surface area (Å²) in [6, 6.07) is 8.44. The minimum absolute atomic E-state index is 0.201. The largest absolute Gasteiger partial charge is 0.370 e. The average Bonchev–Trinajstić information content (AvgIpc) is 3.60. The van der Waals surface area contributed by atoms with Gasteiger partial charge < -0.3 is 16.0 Å². The maximum Gasteiger partial charge on any atom is 0.217 e. The Morgan fingerprint density at radius 1 is 1.00 bits per heavy atom. The summed E-state index contributed by atoms with van der Waals surface area (Å²) in [7, 11) is 0. The zero-order valence-electron chi connectivity index (χ0n) is 22.4. The monoisotopic (exact) mass is 547 g/mol. The van der Waals surface area contributed by atoms with E-state index in [-0.39, 0.29) is 5.91 Å². The van der Waals surface area contributed by atoms with Crippen molar-refractivity contribution in [2.45, 2.75) is 32.2 Å². The van der Waals surface area contributed by atoms with Crippen LogP contribution in [0.15, 0.2) is 30.5 Å². The molecule has 2 fully saturated rings. The molecule has 1 aromatic carbocycles. The summed E-state index contributed by atoms with van der Waals surface area (Å²) < 4.78 is 1.18. The predicted octanol–water partition coefficient (Wildman–Crippen LogP) is 2.81. The third-order valence-corrected chi connectivity index (χ3v) is 8.89. The first-order valence-electron chi connectivity index (χ1n) is 14.1. The number of rotatable bonds is 10. The fraction of sp³-hybridized carbons (Fsp3) is 0.500. The van der Waals surface area contributed by atoms with Crippen molar-refractivity contribution in [1.29, 1.82) is 0 Å². The number of nitrogens with zero attached hydrogens (tertiary/aromatic N) is 6. The summed E-state index contributed by atoms with van der Waals surface area (Å²) in [6.45, 7) is 10.2. The number of piperazine rings is 2. The molecule has 1 amide bonds. The van der Waals surface area contributed by atoms with Crippen molar-refractivity contribution in [1.82, 2.24) is 35.3 Å². The number of hydrogen-bond donors (Lipinski definition) is 3. The van der Waals surface area contributed by atoms with Crippen molar-refractivity contribution < 1.29 is 4.79 Å². The van der Waals surface area contributed by atoms with E-state index >= 15 is 0 Å². The number of carbonyl (C=O) groups is 1. The van der Waals surface area contributed by atoms with E-state index in [9.17, 15) is 4.79 Å². The zero-order valence-corrected chi connectivity index (χ0v) is 23.2. The van der Waals surface area contributed by atoms with E-state index < -0.39 is 0 Å². The molecule has 0 aliphatic carbocycles. The summed E-state index contributed by atoms with van der Waals surface area (Å²) >= 11 is 1.84. The van der Waals surface area contributed by atoms with Crippen molar-refractivity contribution in [3.8, 4) is 11.4 Å². The zero-order chi connectivity index (χ0) is 26.6. The lowest BCUT2D eigenvalue weighted by atomic mass is 10.1. The number of benzene rings is 1. The van der Waals surface area contributed by atoms with Crippen LogP contribution in [0.25, 0.3) is 32.5 Å². The molecule has 10 nitrogen and oxygen atoms in total. The second-order valence-electron chi connectivity index (χ2n) is 10.6. The first-order valence-corrected chi connectivity index (χ1v) is 14.9. The molecule has 206 valence electrons. The van der Waals surface area contributed by atoms with Gasteiger partial charge in [0.15, 0.2) is 11.6 Å². The maximum absolute atomic E-state index is 11.0. The summed E-state index contributed by atoms with van der Waals surface area (Å²) in [5.41, 5.74) is 8.30. The van der Waals surface area contributed by atoms with E-state index in [0.29, 0.717) is 6.42 Å². The van der Waals surface area contributed by atoms with Gasteiger partial charge in [0.25, 0.3) is 0 Å². The van der Waals surface area contributed by atoms with Crippen molar-refractivity contribution in [2.24, 2.45) is 5.73 Å². The van der Waals surface area contributed by atoms with Crippen molar-refractivity contribution >= 4 is 44.2 Å². The topological polar surface area (TPSA) is 119 Å². The van der Waals surface area contributed by atoms with E-state index in [0.717, 1.165) is 118 Å². The van der Waals surface area contributed by atoms with E-state index in [1.807, 2.05) is 29.7 Å². The SMILES string of the molecule is NC(=O)CCCCCN1CCN(c2nc(-c3cccc4[nH]ncc34)nc3cc(CN4CCNCC4)sc23)CC1. The van der Waals surface area contributed by atoms with Gasteiger partial charge >= 0.3 is 0 Å². The first kappa shape index (κ1) is 26.1. The van der Waals surface area contributed by atoms with Gasteiger partial charge in [-0.2, -0.15) is 5.10 Å². The Balaban J connectivity index is 1.24. The van der Waals surface area contributed by atoms with Gasteiger partial charge in [-0.25, -0.2) is 9.97 Å². The van der Waals surface area contributed by atoms with Crippen LogP contribution in [-0.2, 0) is 11.3 Å². The number of aromatic nitrogens is 4. The lowest BCUT2D eigenvalue weighted by Gasteiger charge is -2.35. The average molecular weight is 548 g/mol. The number of nitrogens with two attached hydrogens (primary N) is 1. The number of anilines is 1. The quantitative estimate of drug-likeness (QED) is 0.259. The lowest BCUT2D eigenvalue weighted by Crippen LogP contribution is -2.47. The van der Waals surface area contributed by atoms with Crippen LogP contribution in [0.3, 0.4) is 0 Å². The number of aromatic amines is 1. The fourth-order valence-corrected chi connectivity index (χ4v) is 6.78. The molecule has 4 aromatic rings. The summed E-state index contributed by atoms with van der Waals surface area (Å²) in [5, 5.41) is 11.8. The van der Waals surface area contributed by atoms with Crippen molar-refractivity contribution in [3.05, 3.63) is 35.3 Å². The van der Waals surface area contributed by atoms with Crippen LogP contribution in [0, 0.1) is 0 Å². The van der Waals surface area contributed by atoms with Crippen LogP contribution in [-0.4, -0.2) is 94.8 Å². The minimum atomic E-state index is -0.201. The van der Waals surface area contributed by atoms with E-state index in [1.165, 1.54) is 9.58 Å². The standard InChI is InChI=1S/C28H37N9OS/c29-25(38)7-2-1-3-10-35-13-15-37(16-14-35)28-26-24(17-20(39-26)19-36-11-8-30-9-12-36)32-27(33-28)21-5-4-6-23-22(21)18-31-34-23/h4-6,17-18,30H,1-3,7-16,19H2,(H2,29,38)(H,31,34). The normalized spacial score (nSPS) is 17.4. The number of unbranched alkanes of at least 4 members (excludes halogenated alkanes) is 2. The smallest absolute Gasteiger partial charge is 0.217 e. The maximum atomic E-state index is 11.0. The molecule has 0 atom stereocenters. The number of H-pyrrole nitrogens is 1. The number of carbonyl (C=O) groups excluding carboxylic acids is 1. The van der Waals surface area contributed by atoms with Gasteiger partial charge in [0, 0.05) is 81.2 Å². The Morgan fingerprint density at radius 2 is 1.85 bits per heavy atom. The summed E-state index contributed by atoms with van der Waals surface area (Å²) in [5.74, 6) is 1.61. The highest BCUT2D eigenvalue weighted by atomic mass is 32.1. The molecular formula is C28H37N9OS. The Kier molecular flexibility index (Phi) is 8.00. The van der Waals surface area contributed by atoms with Crippen LogP contribution in [0.5, 0.6) is 0 Å². The van der Waals surface area contributed by atoms with Gasteiger partial charge in [0.05, 0.1) is 21.9 Å². The van der Waals surface area contributed by atoms with Crippen molar-refractivity contribution in [3.63, 3.8) is 0 Å². The van der Waals surface area contributed by atoms with Crippen LogP contribution < -0.4 is 16.0 Å². The number of thiophene rings is 1. The molecule has 0 spiro atoms. The van der Waals surface area contributed by atoms with E-state index in [1.54, 1.807) is 0 Å².